The maximum Gasteiger partial charge on any atom is 0.459 e. The normalized spacial score (nSPS) is 12.8. The molecule has 0 fully saturated rings. The number of aromatic nitrogens is 2. The number of imidazole rings is 1. The van der Waals surface area contributed by atoms with Crippen LogP contribution >= 0.6 is 0 Å². The van der Waals surface area contributed by atoms with Crippen LogP contribution < -0.4 is 4.74 Å². The zero-order valence-electron chi connectivity index (χ0n) is 19.5. The Morgan fingerprint density at radius 1 is 1.00 bits per heavy atom. The molecule has 0 saturated carbocycles. The van der Waals surface area contributed by atoms with E-state index in [1.165, 1.54) is 36.4 Å². The van der Waals surface area contributed by atoms with Crippen LogP contribution in [0, 0.1) is 0 Å². The summed E-state index contributed by atoms with van der Waals surface area (Å²) in [4.78, 5) is 28.9. The summed E-state index contributed by atoms with van der Waals surface area (Å²) in [5.41, 5.74) is -1.82. The quantitative estimate of drug-likeness (QED) is 0.268. The number of H-pyrrole nitrogens is 1. The first-order valence-electron chi connectivity index (χ1n) is 11.2. The Hall–Kier alpha value is -3.96. The molecular formula is C25H23F5N2O5. The second-order valence-electron chi connectivity index (χ2n) is 8.25. The third kappa shape index (κ3) is 6.25. The number of ether oxygens (including phenoxy) is 1. The summed E-state index contributed by atoms with van der Waals surface area (Å²) in [6.45, 7) is 1.84. The van der Waals surface area contributed by atoms with Gasteiger partial charge in [0.05, 0.1) is 11.3 Å². The fourth-order valence-corrected chi connectivity index (χ4v) is 3.58. The highest BCUT2D eigenvalue weighted by atomic mass is 19.4. The molecule has 0 aliphatic rings. The second-order valence-corrected chi connectivity index (χ2v) is 8.25. The maximum atomic E-state index is 14.3. The number of halogens is 5. The first kappa shape index (κ1) is 27.6. The third-order valence-corrected chi connectivity index (χ3v) is 5.56. The van der Waals surface area contributed by atoms with Crippen LogP contribution in [0.1, 0.15) is 64.4 Å². The van der Waals surface area contributed by atoms with E-state index < -0.39 is 41.3 Å². The molecule has 0 amide bonds. The number of rotatable bonds is 11. The molecule has 3 N–H and O–H groups in total. The van der Waals surface area contributed by atoms with E-state index in [2.05, 4.69) is 9.97 Å². The van der Waals surface area contributed by atoms with Crippen molar-refractivity contribution in [2.24, 2.45) is 0 Å². The Balaban J connectivity index is 1.89. The zero-order valence-corrected chi connectivity index (χ0v) is 19.5. The SMILES string of the molecule is CCCCc1nc(C(F)(F)C(F)(F)F)c(C(C(=O)O)c2ccc(OCc3ccc(C(=O)O)cc3)cc2)[nH]1. The summed E-state index contributed by atoms with van der Waals surface area (Å²) in [6, 6.07) is 11.1. The number of carboxylic acid groups (broad SMARTS) is 2. The van der Waals surface area contributed by atoms with Gasteiger partial charge in [-0.2, -0.15) is 22.0 Å². The molecule has 0 radical (unpaired) electrons. The minimum absolute atomic E-state index is 0.0465. The van der Waals surface area contributed by atoms with Gasteiger partial charge in [-0.25, -0.2) is 9.78 Å². The number of unbranched alkanes of at least 4 members (excludes halogenated alkanes) is 1. The number of aliphatic carboxylic acids is 1. The van der Waals surface area contributed by atoms with Crippen LogP contribution in [0.2, 0.25) is 0 Å². The molecule has 0 aliphatic heterocycles. The van der Waals surface area contributed by atoms with E-state index in [1.807, 2.05) is 0 Å². The highest BCUT2D eigenvalue weighted by Crippen LogP contribution is 2.46. The Labute approximate surface area is 207 Å². The van der Waals surface area contributed by atoms with Gasteiger partial charge < -0.3 is 19.9 Å². The van der Waals surface area contributed by atoms with Crippen LogP contribution in [0.15, 0.2) is 48.5 Å². The summed E-state index contributed by atoms with van der Waals surface area (Å²) >= 11 is 0. The van der Waals surface area contributed by atoms with Crippen molar-refractivity contribution in [2.45, 2.75) is 50.8 Å². The van der Waals surface area contributed by atoms with Gasteiger partial charge in [0, 0.05) is 6.42 Å². The number of aromatic amines is 1. The molecule has 12 heteroatoms. The van der Waals surface area contributed by atoms with Crippen LogP contribution in [-0.4, -0.2) is 38.3 Å². The van der Waals surface area contributed by atoms with Crippen LogP contribution in [0.5, 0.6) is 5.75 Å². The largest absolute Gasteiger partial charge is 0.489 e. The van der Waals surface area contributed by atoms with E-state index in [-0.39, 0.29) is 35.7 Å². The second kappa shape index (κ2) is 11.0. The zero-order chi connectivity index (χ0) is 27.4. The molecule has 3 rings (SSSR count). The number of carboxylic acids is 2. The lowest BCUT2D eigenvalue weighted by molar-refractivity contribution is -0.291. The van der Waals surface area contributed by atoms with Crippen molar-refractivity contribution >= 4 is 11.9 Å². The third-order valence-electron chi connectivity index (χ3n) is 5.56. The van der Waals surface area contributed by atoms with Gasteiger partial charge in [0.2, 0.25) is 0 Å². The number of hydrogen-bond donors (Lipinski definition) is 3. The molecule has 1 aromatic heterocycles. The van der Waals surface area contributed by atoms with E-state index in [4.69, 9.17) is 9.84 Å². The molecule has 1 atom stereocenters. The van der Waals surface area contributed by atoms with Crippen molar-refractivity contribution in [3.63, 3.8) is 0 Å². The Morgan fingerprint density at radius 2 is 1.62 bits per heavy atom. The summed E-state index contributed by atoms with van der Waals surface area (Å²) in [6.07, 6.45) is -4.83. The van der Waals surface area contributed by atoms with Crippen molar-refractivity contribution in [3.05, 3.63) is 82.4 Å². The van der Waals surface area contributed by atoms with Crippen molar-refractivity contribution < 1.29 is 46.5 Å². The smallest absolute Gasteiger partial charge is 0.459 e. The molecule has 0 spiro atoms. The Bertz CT molecular complexity index is 1240. The van der Waals surface area contributed by atoms with Crippen molar-refractivity contribution in [3.8, 4) is 5.75 Å². The topological polar surface area (TPSA) is 113 Å². The summed E-state index contributed by atoms with van der Waals surface area (Å²) in [5.74, 6) is -9.85. The Morgan fingerprint density at radius 3 is 2.14 bits per heavy atom. The minimum atomic E-state index is -5.97. The van der Waals surface area contributed by atoms with Gasteiger partial charge in [-0.15, -0.1) is 0 Å². The number of benzene rings is 2. The molecule has 1 heterocycles. The first-order valence-corrected chi connectivity index (χ1v) is 11.2. The maximum absolute atomic E-state index is 14.3. The number of aromatic carboxylic acids is 1. The highest BCUT2D eigenvalue weighted by molar-refractivity contribution is 5.87. The molecule has 0 saturated heterocycles. The van der Waals surface area contributed by atoms with Gasteiger partial charge >= 0.3 is 24.0 Å². The Kier molecular flexibility index (Phi) is 8.19. The number of alkyl halides is 5. The van der Waals surface area contributed by atoms with E-state index in [9.17, 15) is 36.6 Å². The summed E-state index contributed by atoms with van der Waals surface area (Å²) < 4.78 is 73.8. The number of nitrogens with zero attached hydrogens (tertiary/aromatic N) is 1. The van der Waals surface area contributed by atoms with Gasteiger partial charge in [-0.3, -0.25) is 4.79 Å². The lowest BCUT2D eigenvalue weighted by Crippen LogP contribution is -2.35. The van der Waals surface area contributed by atoms with Crippen LogP contribution in [0.25, 0.3) is 0 Å². The molecule has 1 unspecified atom stereocenters. The first-order chi connectivity index (χ1) is 17.3. The van der Waals surface area contributed by atoms with Crippen molar-refractivity contribution in [1.29, 1.82) is 0 Å². The lowest BCUT2D eigenvalue weighted by Gasteiger charge is -2.21. The molecular weight excluding hydrogens is 503 g/mol. The standard InChI is InChI=1S/C25H23F5N2O5/c1-2-3-4-18-31-20(21(32-18)24(26,27)25(28,29)30)19(23(35)36)15-9-11-17(12-10-15)37-13-14-5-7-16(8-6-14)22(33)34/h5-12,19H,2-4,13H2,1H3,(H,31,32)(H,33,34)(H,35,36). The van der Waals surface area contributed by atoms with E-state index in [0.29, 0.717) is 18.4 Å². The van der Waals surface area contributed by atoms with E-state index in [1.54, 1.807) is 19.1 Å². The molecule has 198 valence electrons. The van der Waals surface area contributed by atoms with Gasteiger partial charge in [0.25, 0.3) is 0 Å². The average molecular weight is 526 g/mol. The fourth-order valence-electron chi connectivity index (χ4n) is 3.58. The van der Waals surface area contributed by atoms with E-state index >= 15 is 0 Å². The van der Waals surface area contributed by atoms with Crippen LogP contribution in [-0.2, 0) is 23.7 Å². The molecule has 0 aliphatic carbocycles. The summed E-state index contributed by atoms with van der Waals surface area (Å²) in [5, 5.41) is 18.7. The van der Waals surface area contributed by atoms with Crippen molar-refractivity contribution in [2.75, 3.05) is 0 Å². The monoisotopic (exact) mass is 526 g/mol. The van der Waals surface area contributed by atoms with Gasteiger partial charge in [0.15, 0.2) is 0 Å². The summed E-state index contributed by atoms with van der Waals surface area (Å²) in [7, 11) is 0. The van der Waals surface area contributed by atoms with Gasteiger partial charge in [-0.05, 0) is 41.8 Å². The van der Waals surface area contributed by atoms with Gasteiger partial charge in [-0.1, -0.05) is 37.6 Å². The van der Waals surface area contributed by atoms with Crippen LogP contribution in [0.3, 0.4) is 0 Å². The van der Waals surface area contributed by atoms with Crippen LogP contribution in [0.4, 0.5) is 22.0 Å². The molecule has 2 aromatic carbocycles. The predicted octanol–water partition coefficient (Wildman–Crippen LogP) is 5.90. The number of carbonyl (C=O) groups is 2. The number of nitrogens with one attached hydrogen (secondary N) is 1. The predicted molar refractivity (Wildman–Crippen MR) is 121 cm³/mol. The fraction of sp³-hybridized carbons (Fsp3) is 0.320. The van der Waals surface area contributed by atoms with Crippen molar-refractivity contribution in [1.82, 2.24) is 9.97 Å². The molecule has 37 heavy (non-hydrogen) atoms. The van der Waals surface area contributed by atoms with Gasteiger partial charge in [0.1, 0.15) is 29.8 Å². The number of hydrogen-bond acceptors (Lipinski definition) is 4. The average Bonchev–Trinajstić information content (AvgIpc) is 3.26. The number of aryl methyl sites for hydroxylation is 1. The molecule has 7 nitrogen and oxygen atoms in total. The highest BCUT2D eigenvalue weighted by Gasteiger charge is 2.62. The van der Waals surface area contributed by atoms with E-state index in [0.717, 1.165) is 0 Å². The molecule has 0 bridgehead atoms. The lowest BCUT2D eigenvalue weighted by atomic mass is 9.93. The minimum Gasteiger partial charge on any atom is -0.489 e. The molecule has 3 aromatic rings.